The lowest BCUT2D eigenvalue weighted by molar-refractivity contribution is -0.109. The normalized spacial score (nSPS) is 48.5. The number of halogens is 1. The summed E-state index contributed by atoms with van der Waals surface area (Å²) >= 11 is 6.12. The lowest BCUT2D eigenvalue weighted by Crippen LogP contribution is -2.45. The van der Waals surface area contributed by atoms with Crippen LogP contribution in [0.1, 0.15) is 26.2 Å². The summed E-state index contributed by atoms with van der Waals surface area (Å²) in [6.07, 6.45) is 3.17. The molecule has 2 heterocycles. The van der Waals surface area contributed by atoms with Crippen LogP contribution < -0.4 is 0 Å². The van der Waals surface area contributed by atoms with Crippen LogP contribution in [0.3, 0.4) is 0 Å². The highest BCUT2D eigenvalue weighted by Gasteiger charge is 2.45. The molecule has 70 valence electrons. The minimum Gasteiger partial charge on any atom is -0.375 e. The molecule has 0 N–H and O–H groups in total. The van der Waals surface area contributed by atoms with Gasteiger partial charge in [0.05, 0.1) is 11.7 Å². The van der Waals surface area contributed by atoms with E-state index in [-0.39, 0.29) is 17.1 Å². The predicted molar refractivity (Wildman–Crippen MR) is 47.6 cm³/mol. The highest BCUT2D eigenvalue weighted by molar-refractivity contribution is 6.20. The maximum Gasteiger partial charge on any atom is 0.0976 e. The van der Waals surface area contributed by atoms with Crippen molar-refractivity contribution in [3.8, 4) is 0 Å². The van der Waals surface area contributed by atoms with Crippen molar-refractivity contribution in [3.05, 3.63) is 0 Å². The highest BCUT2D eigenvalue weighted by Crippen LogP contribution is 2.38. The first-order valence-electron chi connectivity index (χ1n) is 4.63. The van der Waals surface area contributed by atoms with Crippen molar-refractivity contribution >= 4 is 11.6 Å². The van der Waals surface area contributed by atoms with E-state index >= 15 is 0 Å². The monoisotopic (exact) mass is 190 g/mol. The van der Waals surface area contributed by atoms with Crippen molar-refractivity contribution in [1.82, 2.24) is 0 Å². The van der Waals surface area contributed by atoms with Crippen molar-refractivity contribution in [3.63, 3.8) is 0 Å². The molecule has 2 nitrogen and oxygen atoms in total. The van der Waals surface area contributed by atoms with Crippen molar-refractivity contribution in [1.29, 1.82) is 0 Å². The van der Waals surface area contributed by atoms with Crippen LogP contribution >= 0.6 is 11.6 Å². The van der Waals surface area contributed by atoms with Gasteiger partial charge in [0.15, 0.2) is 0 Å². The molecule has 0 radical (unpaired) electrons. The van der Waals surface area contributed by atoms with Crippen LogP contribution in [-0.2, 0) is 9.47 Å². The zero-order valence-corrected chi connectivity index (χ0v) is 8.14. The van der Waals surface area contributed by atoms with Gasteiger partial charge in [-0.15, -0.1) is 11.6 Å². The minimum absolute atomic E-state index is 0.0509. The smallest absolute Gasteiger partial charge is 0.0976 e. The van der Waals surface area contributed by atoms with Crippen LogP contribution in [0, 0.1) is 0 Å². The molecule has 3 heteroatoms. The molecule has 0 saturated carbocycles. The van der Waals surface area contributed by atoms with Gasteiger partial charge in [-0.1, -0.05) is 0 Å². The van der Waals surface area contributed by atoms with Crippen molar-refractivity contribution in [2.45, 2.75) is 43.3 Å². The zero-order chi connectivity index (χ0) is 8.60. The summed E-state index contributed by atoms with van der Waals surface area (Å²) in [7, 11) is 0. The molecule has 2 fully saturated rings. The molecule has 3 unspecified atom stereocenters. The first kappa shape index (κ1) is 8.79. The van der Waals surface area contributed by atoms with E-state index in [1.807, 2.05) is 0 Å². The molecule has 1 spiro atoms. The van der Waals surface area contributed by atoms with Gasteiger partial charge in [-0.2, -0.15) is 0 Å². The van der Waals surface area contributed by atoms with Crippen LogP contribution in [0.4, 0.5) is 0 Å². The lowest BCUT2D eigenvalue weighted by atomic mass is 9.88. The van der Waals surface area contributed by atoms with Crippen molar-refractivity contribution in [2.24, 2.45) is 0 Å². The van der Waals surface area contributed by atoms with Gasteiger partial charge in [-0.25, -0.2) is 0 Å². The molecular formula is C9H15ClO2. The van der Waals surface area contributed by atoms with Gasteiger partial charge in [-0.05, 0) is 19.8 Å². The number of hydrogen-bond acceptors (Lipinski definition) is 2. The third-order valence-corrected chi connectivity index (χ3v) is 3.39. The number of hydrogen-bond donors (Lipinski definition) is 0. The Morgan fingerprint density at radius 3 is 2.83 bits per heavy atom. The molecule has 0 aromatic heterocycles. The van der Waals surface area contributed by atoms with E-state index < -0.39 is 0 Å². The first-order valence-corrected chi connectivity index (χ1v) is 5.06. The maximum atomic E-state index is 6.12. The largest absolute Gasteiger partial charge is 0.375 e. The van der Waals surface area contributed by atoms with Gasteiger partial charge in [0.2, 0.25) is 0 Å². The van der Waals surface area contributed by atoms with Crippen LogP contribution in [0.5, 0.6) is 0 Å². The van der Waals surface area contributed by atoms with Gasteiger partial charge in [-0.3, -0.25) is 0 Å². The summed E-state index contributed by atoms with van der Waals surface area (Å²) in [5.41, 5.74) is -0.0509. The van der Waals surface area contributed by atoms with E-state index in [9.17, 15) is 0 Å². The van der Waals surface area contributed by atoms with Crippen LogP contribution in [-0.4, -0.2) is 30.3 Å². The van der Waals surface area contributed by atoms with E-state index in [1.165, 1.54) is 0 Å². The topological polar surface area (TPSA) is 18.5 Å². The van der Waals surface area contributed by atoms with E-state index in [2.05, 4.69) is 6.92 Å². The van der Waals surface area contributed by atoms with Crippen molar-refractivity contribution in [2.75, 3.05) is 13.2 Å². The molecule has 0 aromatic rings. The van der Waals surface area contributed by atoms with Gasteiger partial charge in [0.25, 0.3) is 0 Å². The summed E-state index contributed by atoms with van der Waals surface area (Å²) in [6, 6.07) is 0. The molecule has 12 heavy (non-hydrogen) atoms. The van der Waals surface area contributed by atoms with Crippen LogP contribution in [0.25, 0.3) is 0 Å². The molecule has 2 rings (SSSR count). The summed E-state index contributed by atoms with van der Waals surface area (Å²) in [5.74, 6) is 0. The maximum absolute atomic E-state index is 6.12. The Labute approximate surface area is 78.2 Å². The SMILES string of the molecule is CC1OCCC12CC(Cl)CCO2. The van der Waals surface area contributed by atoms with E-state index in [0.717, 1.165) is 32.5 Å². The summed E-state index contributed by atoms with van der Waals surface area (Å²) in [5, 5.41) is 0.280. The predicted octanol–water partition coefficient (Wildman–Crippen LogP) is 1.95. The summed E-state index contributed by atoms with van der Waals surface area (Å²) in [6.45, 7) is 3.70. The second-order valence-corrected chi connectivity index (χ2v) is 4.38. The molecule has 2 saturated heterocycles. The standard InChI is InChI=1S/C9H15ClO2/c1-7-9(3-5-11-7)6-8(10)2-4-12-9/h7-8H,2-6H2,1H3. The Morgan fingerprint density at radius 1 is 1.42 bits per heavy atom. The fourth-order valence-electron chi connectivity index (χ4n) is 2.15. The van der Waals surface area contributed by atoms with E-state index in [1.54, 1.807) is 0 Å². The van der Waals surface area contributed by atoms with Gasteiger partial charge in [0, 0.05) is 25.0 Å². The highest BCUT2D eigenvalue weighted by atomic mass is 35.5. The summed E-state index contributed by atoms with van der Waals surface area (Å²) < 4.78 is 11.3. The Morgan fingerprint density at radius 2 is 2.25 bits per heavy atom. The molecule has 2 aliphatic rings. The molecule has 0 aliphatic carbocycles. The Bertz CT molecular complexity index is 174. The molecule has 0 bridgehead atoms. The lowest BCUT2D eigenvalue weighted by Gasteiger charge is -2.38. The summed E-state index contributed by atoms with van der Waals surface area (Å²) in [4.78, 5) is 0. The van der Waals surface area contributed by atoms with Gasteiger partial charge >= 0.3 is 0 Å². The van der Waals surface area contributed by atoms with E-state index in [4.69, 9.17) is 21.1 Å². The Kier molecular flexibility index (Phi) is 2.32. The van der Waals surface area contributed by atoms with Crippen molar-refractivity contribution < 1.29 is 9.47 Å². The van der Waals surface area contributed by atoms with Gasteiger partial charge < -0.3 is 9.47 Å². The molecule has 0 amide bonds. The second-order valence-electron chi connectivity index (χ2n) is 3.77. The average molecular weight is 191 g/mol. The Hall–Kier alpha value is 0.210. The average Bonchev–Trinajstić information content (AvgIpc) is 2.33. The second kappa shape index (κ2) is 3.17. The third-order valence-electron chi connectivity index (χ3n) is 3.02. The molecule has 2 aliphatic heterocycles. The van der Waals surface area contributed by atoms with Crippen LogP contribution in [0.2, 0.25) is 0 Å². The molecule has 0 aromatic carbocycles. The third kappa shape index (κ3) is 1.36. The zero-order valence-electron chi connectivity index (χ0n) is 7.38. The fourth-order valence-corrected chi connectivity index (χ4v) is 2.50. The minimum atomic E-state index is -0.0509. The van der Waals surface area contributed by atoms with E-state index in [0.29, 0.717) is 0 Å². The molecular weight excluding hydrogens is 176 g/mol. The number of alkyl halides is 1. The number of rotatable bonds is 0. The first-order chi connectivity index (χ1) is 5.73. The quantitative estimate of drug-likeness (QED) is 0.544. The van der Waals surface area contributed by atoms with Crippen LogP contribution in [0.15, 0.2) is 0 Å². The molecule has 3 atom stereocenters. The fraction of sp³-hybridized carbons (Fsp3) is 1.00. The van der Waals surface area contributed by atoms with Gasteiger partial charge in [0.1, 0.15) is 0 Å². The number of ether oxygens (including phenoxy) is 2. The Balaban J connectivity index is 2.08.